The van der Waals surface area contributed by atoms with Crippen molar-refractivity contribution >= 4 is 11.4 Å². The molecule has 5 rings (SSSR count). The van der Waals surface area contributed by atoms with E-state index < -0.39 is 0 Å². The summed E-state index contributed by atoms with van der Waals surface area (Å²) in [6.45, 7) is 3.31. The fourth-order valence-corrected chi connectivity index (χ4v) is 4.14. The molecule has 0 radical (unpaired) electrons. The molecule has 0 bridgehead atoms. The largest absolute Gasteiger partial charge is 0.497 e. The van der Waals surface area contributed by atoms with E-state index in [0.717, 1.165) is 5.69 Å². The molecule has 0 amide bonds. The van der Waals surface area contributed by atoms with Crippen molar-refractivity contribution in [1.82, 2.24) is 19.2 Å². The molecule has 0 saturated carbocycles. The molecule has 0 spiro atoms. The number of ether oxygens (including phenoxy) is 2. The number of aromatic nitrogens is 4. The molecule has 5 aromatic rings. The van der Waals surface area contributed by atoms with Gasteiger partial charge in [-0.15, -0.1) is 0 Å². The zero-order chi connectivity index (χ0) is 26.1. The zero-order valence-electron chi connectivity index (χ0n) is 20.4. The van der Waals surface area contributed by atoms with E-state index in [0.29, 0.717) is 39.7 Å². The Balaban J connectivity index is 1.49. The number of Topliss-reactive ketones (excluding diaryl/α,β-unsaturated/α-hetero) is 1. The number of ketones is 1. The molecule has 9 heteroatoms. The number of aryl methyl sites for hydroxylation is 2. The molecule has 0 saturated heterocycles. The van der Waals surface area contributed by atoms with Gasteiger partial charge in [0.2, 0.25) is 0 Å². The number of nitrogens with zero attached hydrogens (tertiary/aromatic N) is 4. The maximum absolute atomic E-state index is 13.8. The Bertz CT molecular complexity index is 1710. The predicted molar refractivity (Wildman–Crippen MR) is 136 cm³/mol. The first-order chi connectivity index (χ1) is 17.9. The highest BCUT2D eigenvalue weighted by atomic mass is 19.1. The van der Waals surface area contributed by atoms with Gasteiger partial charge in [0.25, 0.3) is 5.56 Å². The summed E-state index contributed by atoms with van der Waals surface area (Å²) >= 11 is 0. The van der Waals surface area contributed by atoms with Crippen molar-refractivity contribution in [2.75, 3.05) is 13.7 Å². The van der Waals surface area contributed by atoms with Crippen LogP contribution in [0.2, 0.25) is 0 Å². The summed E-state index contributed by atoms with van der Waals surface area (Å²) < 4.78 is 27.7. The first kappa shape index (κ1) is 23.9. The van der Waals surface area contributed by atoms with Crippen molar-refractivity contribution in [3.05, 3.63) is 106 Å². The molecule has 0 aliphatic rings. The van der Waals surface area contributed by atoms with Gasteiger partial charge in [0.15, 0.2) is 23.8 Å². The van der Waals surface area contributed by atoms with E-state index in [9.17, 15) is 14.0 Å². The number of benzene rings is 2. The third-order valence-corrected chi connectivity index (χ3v) is 5.95. The summed E-state index contributed by atoms with van der Waals surface area (Å²) in [5.74, 6) is 0.249. The standard InChI is InChI=1S/C28H23FN4O4/c1-17-13-23(31-33(17)21-9-5-8-20(29)15-21)26-18(2)30-27-25(11-6-12-32(27)28(26)35)37-16-24(34)19-7-4-10-22(14-19)36-3/h4-15H,16H2,1-3H3. The number of carbonyl (C=O) groups is 1. The van der Waals surface area contributed by atoms with E-state index in [1.165, 1.54) is 23.6 Å². The number of carbonyl (C=O) groups excluding carboxylic acids is 1. The second kappa shape index (κ2) is 9.69. The van der Waals surface area contributed by atoms with Gasteiger partial charge >= 0.3 is 0 Å². The maximum atomic E-state index is 13.8. The summed E-state index contributed by atoms with van der Waals surface area (Å²) in [6.07, 6.45) is 1.58. The van der Waals surface area contributed by atoms with Crippen LogP contribution >= 0.6 is 0 Å². The lowest BCUT2D eigenvalue weighted by molar-refractivity contribution is 0.0922. The van der Waals surface area contributed by atoms with E-state index in [1.807, 2.05) is 6.92 Å². The molecule has 8 nitrogen and oxygen atoms in total. The second-order valence-electron chi connectivity index (χ2n) is 8.45. The van der Waals surface area contributed by atoms with Crippen LogP contribution in [-0.4, -0.2) is 38.7 Å². The molecule has 37 heavy (non-hydrogen) atoms. The number of hydrogen-bond donors (Lipinski definition) is 0. The van der Waals surface area contributed by atoms with Gasteiger partial charge in [0.1, 0.15) is 17.3 Å². The normalized spacial score (nSPS) is 11.0. The van der Waals surface area contributed by atoms with E-state index in [-0.39, 0.29) is 29.4 Å². The number of halogens is 1. The molecule has 3 heterocycles. The fraction of sp³-hybridized carbons (Fsp3) is 0.143. The number of pyridine rings is 1. The van der Waals surface area contributed by atoms with E-state index in [2.05, 4.69) is 10.1 Å². The Hall–Kier alpha value is -4.79. The third kappa shape index (κ3) is 4.58. The van der Waals surface area contributed by atoms with Crippen molar-refractivity contribution in [2.24, 2.45) is 0 Å². The van der Waals surface area contributed by atoms with Gasteiger partial charge in [-0.05, 0) is 62.4 Å². The van der Waals surface area contributed by atoms with Gasteiger partial charge in [-0.2, -0.15) is 5.10 Å². The Morgan fingerprint density at radius 1 is 1.03 bits per heavy atom. The van der Waals surface area contributed by atoms with Crippen LogP contribution in [0, 0.1) is 19.7 Å². The van der Waals surface area contributed by atoms with Crippen LogP contribution in [0.15, 0.2) is 77.7 Å². The van der Waals surface area contributed by atoms with Crippen molar-refractivity contribution in [1.29, 1.82) is 0 Å². The van der Waals surface area contributed by atoms with Gasteiger partial charge < -0.3 is 9.47 Å². The lowest BCUT2D eigenvalue weighted by Crippen LogP contribution is -2.20. The molecule has 0 fully saturated rings. The lowest BCUT2D eigenvalue weighted by Gasteiger charge is -2.11. The van der Waals surface area contributed by atoms with Gasteiger partial charge in [-0.25, -0.2) is 14.1 Å². The molecule has 0 aliphatic carbocycles. The van der Waals surface area contributed by atoms with Crippen LogP contribution in [0.3, 0.4) is 0 Å². The minimum absolute atomic E-state index is 0.235. The topological polar surface area (TPSA) is 87.7 Å². The summed E-state index contributed by atoms with van der Waals surface area (Å²) in [5, 5.41) is 4.56. The zero-order valence-corrected chi connectivity index (χ0v) is 20.4. The van der Waals surface area contributed by atoms with Gasteiger partial charge in [-0.1, -0.05) is 18.2 Å². The highest BCUT2D eigenvalue weighted by molar-refractivity contribution is 5.97. The van der Waals surface area contributed by atoms with Crippen LogP contribution < -0.4 is 15.0 Å². The Morgan fingerprint density at radius 3 is 2.62 bits per heavy atom. The SMILES string of the molecule is COc1cccc(C(=O)COc2cccn3c(=O)c(-c4cc(C)n(-c5cccc(F)c5)n4)c(C)nc23)c1. The molecule has 0 atom stereocenters. The molecule has 186 valence electrons. The number of fused-ring (bicyclic) bond motifs is 1. The van der Waals surface area contributed by atoms with E-state index in [1.54, 1.807) is 72.4 Å². The Kier molecular flexibility index (Phi) is 6.27. The molecule has 2 aromatic carbocycles. The average molecular weight is 499 g/mol. The predicted octanol–water partition coefficient (Wildman–Crippen LogP) is 4.57. The third-order valence-electron chi connectivity index (χ3n) is 5.95. The van der Waals surface area contributed by atoms with Crippen LogP contribution in [-0.2, 0) is 0 Å². The van der Waals surface area contributed by atoms with Crippen molar-refractivity contribution in [2.45, 2.75) is 13.8 Å². The van der Waals surface area contributed by atoms with Crippen molar-refractivity contribution in [3.63, 3.8) is 0 Å². The minimum Gasteiger partial charge on any atom is -0.497 e. The summed E-state index contributed by atoms with van der Waals surface area (Å²) in [7, 11) is 1.53. The molecular weight excluding hydrogens is 475 g/mol. The Morgan fingerprint density at radius 2 is 1.84 bits per heavy atom. The molecular formula is C28H23FN4O4. The van der Waals surface area contributed by atoms with Gasteiger partial charge in [-0.3, -0.25) is 14.0 Å². The van der Waals surface area contributed by atoms with Crippen LogP contribution in [0.1, 0.15) is 21.7 Å². The van der Waals surface area contributed by atoms with Crippen LogP contribution in [0.25, 0.3) is 22.6 Å². The second-order valence-corrected chi connectivity index (χ2v) is 8.45. The van der Waals surface area contributed by atoms with Crippen molar-refractivity contribution < 1.29 is 18.7 Å². The molecule has 0 unspecified atom stereocenters. The van der Waals surface area contributed by atoms with Crippen molar-refractivity contribution in [3.8, 4) is 28.4 Å². The molecule has 0 aliphatic heterocycles. The average Bonchev–Trinajstić information content (AvgIpc) is 3.28. The van der Waals surface area contributed by atoms with Crippen LogP contribution in [0.4, 0.5) is 4.39 Å². The van der Waals surface area contributed by atoms with E-state index in [4.69, 9.17) is 9.47 Å². The highest BCUT2D eigenvalue weighted by Crippen LogP contribution is 2.24. The first-order valence-corrected chi connectivity index (χ1v) is 11.5. The van der Waals surface area contributed by atoms with E-state index >= 15 is 0 Å². The van der Waals surface area contributed by atoms with Gasteiger partial charge in [0.05, 0.1) is 24.1 Å². The molecule has 3 aromatic heterocycles. The minimum atomic E-state index is -0.380. The number of methoxy groups -OCH3 is 1. The maximum Gasteiger partial charge on any atom is 0.267 e. The number of hydrogen-bond acceptors (Lipinski definition) is 6. The fourth-order valence-electron chi connectivity index (χ4n) is 4.14. The summed E-state index contributed by atoms with van der Waals surface area (Å²) in [5.41, 5.74) is 2.87. The Labute approximate surface area is 211 Å². The monoisotopic (exact) mass is 498 g/mol. The quantitative estimate of drug-likeness (QED) is 0.306. The lowest BCUT2D eigenvalue weighted by atomic mass is 10.1. The number of rotatable bonds is 7. The smallest absolute Gasteiger partial charge is 0.267 e. The highest BCUT2D eigenvalue weighted by Gasteiger charge is 2.19. The van der Waals surface area contributed by atoms with Gasteiger partial charge in [0, 0.05) is 17.5 Å². The summed E-state index contributed by atoms with van der Waals surface area (Å²) in [4.78, 5) is 30.8. The van der Waals surface area contributed by atoms with Crippen LogP contribution in [0.5, 0.6) is 11.5 Å². The summed E-state index contributed by atoms with van der Waals surface area (Å²) in [6, 6.07) is 17.9. The first-order valence-electron chi connectivity index (χ1n) is 11.5. The molecule has 0 N–H and O–H groups in total.